The summed E-state index contributed by atoms with van der Waals surface area (Å²) in [6, 6.07) is 9.06. The van der Waals surface area contributed by atoms with Crippen LogP contribution in [-0.2, 0) is 11.3 Å². The van der Waals surface area contributed by atoms with Crippen molar-refractivity contribution in [2.24, 2.45) is 0 Å². The monoisotopic (exact) mass is 341 g/mol. The number of carbonyl (C=O) groups is 1. The zero-order chi connectivity index (χ0) is 17.1. The third-order valence-corrected chi connectivity index (χ3v) is 5.04. The number of rotatable bonds is 6. The van der Waals surface area contributed by atoms with Gasteiger partial charge in [-0.25, -0.2) is 0 Å². The van der Waals surface area contributed by atoms with Crippen molar-refractivity contribution in [3.05, 3.63) is 35.7 Å². The van der Waals surface area contributed by atoms with E-state index in [1.165, 1.54) is 24.6 Å². The summed E-state index contributed by atoms with van der Waals surface area (Å²) in [7, 11) is 0. The maximum Gasteiger partial charge on any atom is 0.237 e. The highest BCUT2D eigenvalue weighted by Crippen LogP contribution is 2.40. The molecule has 0 unspecified atom stereocenters. The number of hydrogen-bond acceptors (Lipinski definition) is 5. The molecule has 0 bridgehead atoms. The van der Waals surface area contributed by atoms with Crippen LogP contribution in [0.2, 0.25) is 0 Å². The van der Waals surface area contributed by atoms with E-state index in [1.54, 1.807) is 24.3 Å². The van der Waals surface area contributed by atoms with Crippen molar-refractivity contribution in [2.75, 3.05) is 5.32 Å². The largest absolute Gasteiger partial charge is 0.324 e. The van der Waals surface area contributed by atoms with Gasteiger partial charge < -0.3 is 9.88 Å². The second-order valence-corrected chi connectivity index (χ2v) is 7.07. The predicted molar refractivity (Wildman–Crippen MR) is 92.8 cm³/mol. The lowest BCUT2D eigenvalue weighted by atomic mass is 10.2. The lowest BCUT2D eigenvalue weighted by molar-refractivity contribution is -0.115. The van der Waals surface area contributed by atoms with E-state index >= 15 is 0 Å². The molecule has 1 atom stereocenters. The molecule has 1 heterocycles. The van der Waals surface area contributed by atoms with E-state index in [0.29, 0.717) is 17.2 Å². The Kier molecular flexibility index (Phi) is 4.86. The fraction of sp³-hybridized carbons (Fsp3) is 0.412. The minimum atomic E-state index is -0.335. The Morgan fingerprint density at radius 1 is 1.46 bits per heavy atom. The first kappa shape index (κ1) is 16.5. The van der Waals surface area contributed by atoms with Crippen molar-refractivity contribution >= 4 is 23.4 Å². The molecular weight excluding hydrogens is 322 g/mol. The predicted octanol–water partition coefficient (Wildman–Crippen LogP) is 3.17. The summed E-state index contributed by atoms with van der Waals surface area (Å²) in [5.41, 5.74) is 0.990. The number of nitrogens with zero attached hydrogens (tertiary/aromatic N) is 4. The summed E-state index contributed by atoms with van der Waals surface area (Å²) in [5, 5.41) is 20.9. The van der Waals surface area contributed by atoms with Gasteiger partial charge in [0.05, 0.1) is 16.5 Å². The van der Waals surface area contributed by atoms with E-state index in [-0.39, 0.29) is 11.2 Å². The van der Waals surface area contributed by atoms with E-state index in [2.05, 4.69) is 33.1 Å². The highest BCUT2D eigenvalue weighted by atomic mass is 32.2. The fourth-order valence-corrected chi connectivity index (χ4v) is 3.38. The SMILES string of the molecule is CCn1c(S[C@@H](C)C(=O)Nc2ccccc2C#N)nnc1C1CC1. The van der Waals surface area contributed by atoms with Gasteiger partial charge in [-0.2, -0.15) is 5.26 Å². The van der Waals surface area contributed by atoms with Gasteiger partial charge in [-0.15, -0.1) is 10.2 Å². The molecular formula is C17H19N5OS. The Hall–Kier alpha value is -2.33. The third kappa shape index (κ3) is 3.44. The first-order valence-electron chi connectivity index (χ1n) is 8.03. The number of amides is 1. The lowest BCUT2D eigenvalue weighted by Crippen LogP contribution is -2.23. The van der Waals surface area contributed by atoms with E-state index in [1.807, 2.05) is 6.92 Å². The van der Waals surface area contributed by atoms with Gasteiger partial charge >= 0.3 is 0 Å². The zero-order valence-corrected chi connectivity index (χ0v) is 14.5. The normalized spacial score (nSPS) is 14.9. The highest BCUT2D eigenvalue weighted by molar-refractivity contribution is 8.00. The maximum absolute atomic E-state index is 12.4. The number of benzene rings is 1. The Morgan fingerprint density at radius 2 is 2.21 bits per heavy atom. The maximum atomic E-state index is 12.4. The fourth-order valence-electron chi connectivity index (χ4n) is 2.46. The molecule has 1 fully saturated rings. The number of anilines is 1. The molecule has 1 amide bonds. The van der Waals surface area contributed by atoms with Gasteiger partial charge in [0.2, 0.25) is 5.91 Å². The molecule has 3 rings (SSSR count). The molecule has 0 aliphatic heterocycles. The quantitative estimate of drug-likeness (QED) is 0.816. The number of thioether (sulfide) groups is 1. The van der Waals surface area contributed by atoms with Crippen LogP contribution < -0.4 is 5.32 Å². The van der Waals surface area contributed by atoms with Crippen molar-refractivity contribution in [2.45, 2.75) is 49.6 Å². The number of hydrogen-bond donors (Lipinski definition) is 1. The lowest BCUT2D eigenvalue weighted by Gasteiger charge is -2.13. The highest BCUT2D eigenvalue weighted by Gasteiger charge is 2.30. The van der Waals surface area contributed by atoms with Gasteiger partial charge in [0.25, 0.3) is 0 Å². The van der Waals surface area contributed by atoms with Crippen molar-refractivity contribution < 1.29 is 4.79 Å². The second-order valence-electron chi connectivity index (χ2n) is 5.77. The van der Waals surface area contributed by atoms with Crippen molar-refractivity contribution in [3.8, 4) is 6.07 Å². The third-order valence-electron chi connectivity index (χ3n) is 3.96. The molecule has 1 N–H and O–H groups in total. The van der Waals surface area contributed by atoms with Crippen LogP contribution in [0.1, 0.15) is 44.0 Å². The molecule has 2 aromatic rings. The topological polar surface area (TPSA) is 83.6 Å². The van der Waals surface area contributed by atoms with Crippen LogP contribution in [0.4, 0.5) is 5.69 Å². The molecule has 1 aromatic heterocycles. The van der Waals surface area contributed by atoms with Gasteiger partial charge in [-0.05, 0) is 38.8 Å². The number of nitrogens with one attached hydrogen (secondary N) is 1. The van der Waals surface area contributed by atoms with Crippen molar-refractivity contribution in [1.82, 2.24) is 14.8 Å². The Labute approximate surface area is 145 Å². The summed E-state index contributed by atoms with van der Waals surface area (Å²) >= 11 is 1.40. The molecule has 0 saturated heterocycles. The first-order chi connectivity index (χ1) is 11.6. The first-order valence-corrected chi connectivity index (χ1v) is 8.91. The van der Waals surface area contributed by atoms with Gasteiger partial charge in [-0.3, -0.25) is 4.79 Å². The summed E-state index contributed by atoms with van der Waals surface area (Å²) in [6.07, 6.45) is 2.34. The minimum absolute atomic E-state index is 0.152. The standard InChI is InChI=1S/C17H19N5OS/c1-3-22-15(12-8-9-12)20-21-17(22)24-11(2)16(23)19-14-7-5-4-6-13(14)10-18/h4-7,11-12H,3,8-9H2,1-2H3,(H,19,23)/t11-/m0/s1. The van der Waals surface area contributed by atoms with Gasteiger partial charge in [0, 0.05) is 12.5 Å². The van der Waals surface area contributed by atoms with Crippen LogP contribution in [0.15, 0.2) is 29.4 Å². The Morgan fingerprint density at radius 3 is 2.88 bits per heavy atom. The molecule has 0 spiro atoms. The van der Waals surface area contributed by atoms with Crippen LogP contribution >= 0.6 is 11.8 Å². The molecule has 6 nitrogen and oxygen atoms in total. The Bertz CT molecular complexity index is 791. The zero-order valence-electron chi connectivity index (χ0n) is 13.7. The van der Waals surface area contributed by atoms with E-state index in [4.69, 9.17) is 5.26 Å². The van der Waals surface area contributed by atoms with Crippen LogP contribution in [0, 0.1) is 11.3 Å². The summed E-state index contributed by atoms with van der Waals surface area (Å²) in [4.78, 5) is 12.4. The molecule has 124 valence electrons. The number of carbonyl (C=O) groups excluding carboxylic acids is 1. The van der Waals surface area contributed by atoms with Crippen LogP contribution in [0.5, 0.6) is 0 Å². The van der Waals surface area contributed by atoms with Gasteiger partial charge in [0.15, 0.2) is 5.16 Å². The average Bonchev–Trinajstić information content (AvgIpc) is 3.36. The second kappa shape index (κ2) is 7.05. The van der Waals surface area contributed by atoms with E-state index < -0.39 is 0 Å². The average molecular weight is 341 g/mol. The van der Waals surface area contributed by atoms with E-state index in [9.17, 15) is 4.79 Å². The van der Waals surface area contributed by atoms with Gasteiger partial charge in [0.1, 0.15) is 11.9 Å². The Balaban J connectivity index is 1.69. The molecule has 7 heteroatoms. The summed E-state index contributed by atoms with van der Waals surface area (Å²) < 4.78 is 2.09. The smallest absolute Gasteiger partial charge is 0.237 e. The summed E-state index contributed by atoms with van der Waals surface area (Å²) in [6.45, 7) is 4.69. The number of para-hydroxylation sites is 1. The molecule has 0 radical (unpaired) electrons. The van der Waals surface area contributed by atoms with Crippen molar-refractivity contribution in [3.63, 3.8) is 0 Å². The molecule has 1 saturated carbocycles. The van der Waals surface area contributed by atoms with Gasteiger partial charge in [-0.1, -0.05) is 23.9 Å². The minimum Gasteiger partial charge on any atom is -0.324 e. The van der Waals surface area contributed by atoms with Crippen molar-refractivity contribution in [1.29, 1.82) is 5.26 Å². The molecule has 24 heavy (non-hydrogen) atoms. The van der Waals surface area contributed by atoms with Crippen LogP contribution in [0.25, 0.3) is 0 Å². The number of nitriles is 1. The number of aromatic nitrogens is 3. The van der Waals surface area contributed by atoms with Crippen LogP contribution in [-0.4, -0.2) is 25.9 Å². The van der Waals surface area contributed by atoms with Crippen LogP contribution in [0.3, 0.4) is 0 Å². The molecule has 1 aromatic carbocycles. The van der Waals surface area contributed by atoms with E-state index in [0.717, 1.165) is 17.5 Å². The molecule has 1 aliphatic carbocycles. The molecule has 1 aliphatic rings. The summed E-state index contributed by atoms with van der Waals surface area (Å²) in [5.74, 6) is 1.40.